The molecule has 0 aliphatic heterocycles. The lowest BCUT2D eigenvalue weighted by atomic mass is 10.0. The van der Waals surface area contributed by atoms with Crippen molar-refractivity contribution < 1.29 is 22.5 Å². The Morgan fingerprint density at radius 3 is 1.50 bits per heavy atom. The van der Waals surface area contributed by atoms with Gasteiger partial charge in [0.05, 0.1) is 5.75 Å². The van der Waals surface area contributed by atoms with Crippen molar-refractivity contribution in [2.24, 2.45) is 0 Å². The standard InChI is InChI=1S/C18H36O5S/c1-2-3-4-5-6-7-8-9-10-11-12-13-14-15-16-24(21,22)23-17-18(19)20/h2-17H2,1H3,(H,19,20). The smallest absolute Gasteiger partial charge is 0.331 e. The van der Waals surface area contributed by atoms with Gasteiger partial charge in [0.1, 0.15) is 0 Å². The summed E-state index contributed by atoms with van der Waals surface area (Å²) in [6.07, 6.45) is 16.9. The Hall–Kier alpha value is -0.620. The summed E-state index contributed by atoms with van der Waals surface area (Å²) >= 11 is 0. The summed E-state index contributed by atoms with van der Waals surface area (Å²) in [5.41, 5.74) is 0. The van der Waals surface area contributed by atoms with Crippen molar-refractivity contribution in [3.63, 3.8) is 0 Å². The molecule has 0 atom stereocenters. The van der Waals surface area contributed by atoms with E-state index in [4.69, 9.17) is 5.11 Å². The van der Waals surface area contributed by atoms with E-state index >= 15 is 0 Å². The summed E-state index contributed by atoms with van der Waals surface area (Å²) in [6, 6.07) is 0. The second-order valence-electron chi connectivity index (χ2n) is 6.51. The molecule has 0 aromatic heterocycles. The van der Waals surface area contributed by atoms with Gasteiger partial charge in [0.25, 0.3) is 10.1 Å². The molecule has 0 amide bonds. The Balaban J connectivity index is 3.26. The number of hydrogen-bond acceptors (Lipinski definition) is 4. The fourth-order valence-corrected chi connectivity index (χ4v) is 3.63. The van der Waals surface area contributed by atoms with Crippen molar-refractivity contribution in [1.29, 1.82) is 0 Å². The summed E-state index contributed by atoms with van der Waals surface area (Å²) in [4.78, 5) is 10.3. The summed E-state index contributed by atoms with van der Waals surface area (Å²) < 4.78 is 27.1. The van der Waals surface area contributed by atoms with Crippen LogP contribution in [0.25, 0.3) is 0 Å². The Morgan fingerprint density at radius 2 is 1.12 bits per heavy atom. The monoisotopic (exact) mass is 364 g/mol. The SMILES string of the molecule is CCCCCCCCCCCCCCCCS(=O)(=O)OCC(=O)O. The van der Waals surface area contributed by atoms with Crippen molar-refractivity contribution in [2.45, 2.75) is 96.8 Å². The van der Waals surface area contributed by atoms with Gasteiger partial charge in [-0.2, -0.15) is 8.42 Å². The van der Waals surface area contributed by atoms with Crippen LogP contribution < -0.4 is 0 Å². The number of aliphatic carboxylic acids is 1. The Kier molecular flexibility index (Phi) is 15.5. The maximum absolute atomic E-state index is 11.4. The molecule has 24 heavy (non-hydrogen) atoms. The van der Waals surface area contributed by atoms with Crippen LogP contribution in [-0.4, -0.2) is 31.9 Å². The number of carboxylic acid groups (broad SMARTS) is 1. The predicted molar refractivity (Wildman–Crippen MR) is 97.7 cm³/mol. The molecule has 0 bridgehead atoms. The maximum Gasteiger partial charge on any atom is 0.331 e. The van der Waals surface area contributed by atoms with Crippen molar-refractivity contribution in [2.75, 3.05) is 12.4 Å². The van der Waals surface area contributed by atoms with E-state index in [9.17, 15) is 13.2 Å². The van der Waals surface area contributed by atoms with E-state index in [0.717, 1.165) is 19.3 Å². The van der Waals surface area contributed by atoms with Crippen LogP contribution >= 0.6 is 0 Å². The molecule has 5 nitrogen and oxygen atoms in total. The number of unbranched alkanes of at least 4 members (excludes halogenated alkanes) is 13. The van der Waals surface area contributed by atoms with Crippen molar-refractivity contribution in [3.05, 3.63) is 0 Å². The van der Waals surface area contributed by atoms with Gasteiger partial charge in [-0.15, -0.1) is 0 Å². The summed E-state index contributed by atoms with van der Waals surface area (Å²) in [5.74, 6) is -1.35. The molecule has 144 valence electrons. The first-order valence-electron chi connectivity index (χ1n) is 9.57. The van der Waals surface area contributed by atoms with Gasteiger partial charge in [0.15, 0.2) is 6.61 Å². The van der Waals surface area contributed by atoms with E-state index < -0.39 is 22.7 Å². The van der Waals surface area contributed by atoms with Crippen LogP contribution in [0.15, 0.2) is 0 Å². The molecule has 0 saturated carbocycles. The summed E-state index contributed by atoms with van der Waals surface area (Å²) in [6.45, 7) is 1.47. The van der Waals surface area contributed by atoms with Gasteiger partial charge in [-0.05, 0) is 6.42 Å². The van der Waals surface area contributed by atoms with Gasteiger partial charge in [0.2, 0.25) is 0 Å². The van der Waals surface area contributed by atoms with Crippen LogP contribution in [0.4, 0.5) is 0 Å². The fraction of sp³-hybridized carbons (Fsp3) is 0.944. The molecule has 0 aliphatic carbocycles. The van der Waals surface area contributed by atoms with Gasteiger partial charge < -0.3 is 5.11 Å². The van der Waals surface area contributed by atoms with Crippen molar-refractivity contribution in [1.82, 2.24) is 0 Å². The molecule has 0 unspecified atom stereocenters. The van der Waals surface area contributed by atoms with E-state index in [1.54, 1.807) is 0 Å². The summed E-state index contributed by atoms with van der Waals surface area (Å²) in [5, 5.41) is 8.38. The van der Waals surface area contributed by atoms with Gasteiger partial charge >= 0.3 is 5.97 Å². The lowest BCUT2D eigenvalue weighted by Crippen LogP contribution is -2.16. The highest BCUT2D eigenvalue weighted by atomic mass is 32.2. The minimum atomic E-state index is -3.67. The predicted octanol–water partition coefficient (Wildman–Crippen LogP) is 4.90. The third kappa shape index (κ3) is 17.7. The lowest BCUT2D eigenvalue weighted by molar-refractivity contribution is -0.139. The molecule has 0 aromatic rings. The quantitative estimate of drug-likeness (QED) is 0.276. The van der Waals surface area contributed by atoms with E-state index in [-0.39, 0.29) is 5.75 Å². The van der Waals surface area contributed by atoms with Gasteiger partial charge in [0, 0.05) is 0 Å². The zero-order valence-electron chi connectivity index (χ0n) is 15.3. The molecule has 0 aromatic carbocycles. The van der Waals surface area contributed by atoms with E-state index in [0.29, 0.717) is 6.42 Å². The topological polar surface area (TPSA) is 80.7 Å². The third-order valence-corrected chi connectivity index (χ3v) is 5.38. The highest BCUT2D eigenvalue weighted by molar-refractivity contribution is 7.86. The molecule has 0 saturated heterocycles. The van der Waals surface area contributed by atoms with E-state index in [1.807, 2.05) is 0 Å². The van der Waals surface area contributed by atoms with Crippen molar-refractivity contribution in [3.8, 4) is 0 Å². The van der Waals surface area contributed by atoms with Crippen LogP contribution in [0.5, 0.6) is 0 Å². The van der Waals surface area contributed by atoms with Crippen molar-refractivity contribution >= 4 is 16.1 Å². The number of hydrogen-bond donors (Lipinski definition) is 1. The van der Waals surface area contributed by atoms with Crippen LogP contribution in [0, 0.1) is 0 Å². The molecule has 0 rings (SSSR count). The molecule has 0 heterocycles. The zero-order valence-corrected chi connectivity index (χ0v) is 16.1. The van der Waals surface area contributed by atoms with Gasteiger partial charge in [-0.3, -0.25) is 4.18 Å². The van der Waals surface area contributed by atoms with Crippen LogP contribution in [0.3, 0.4) is 0 Å². The molecule has 0 spiro atoms. The molecule has 1 N–H and O–H groups in total. The number of carboxylic acids is 1. The normalized spacial score (nSPS) is 11.7. The Labute approximate surface area is 148 Å². The van der Waals surface area contributed by atoms with Crippen LogP contribution in [0.2, 0.25) is 0 Å². The average Bonchev–Trinajstić information content (AvgIpc) is 2.53. The van der Waals surface area contributed by atoms with Crippen LogP contribution in [0.1, 0.15) is 96.8 Å². The molecular weight excluding hydrogens is 328 g/mol. The fourth-order valence-electron chi connectivity index (χ4n) is 2.67. The molecule has 0 aliphatic rings. The second kappa shape index (κ2) is 15.9. The molecule has 0 radical (unpaired) electrons. The lowest BCUT2D eigenvalue weighted by Gasteiger charge is -2.04. The summed E-state index contributed by atoms with van der Waals surface area (Å²) in [7, 11) is -3.67. The third-order valence-electron chi connectivity index (χ3n) is 4.11. The molecule has 6 heteroatoms. The van der Waals surface area contributed by atoms with Gasteiger partial charge in [-0.1, -0.05) is 90.4 Å². The molecule has 0 fully saturated rings. The highest BCUT2D eigenvalue weighted by Gasteiger charge is 2.12. The van der Waals surface area contributed by atoms with E-state index in [1.165, 1.54) is 64.2 Å². The maximum atomic E-state index is 11.4. The first-order valence-corrected chi connectivity index (χ1v) is 11.1. The van der Waals surface area contributed by atoms with Crippen LogP contribution in [-0.2, 0) is 19.1 Å². The first-order chi connectivity index (χ1) is 11.5. The minimum Gasteiger partial charge on any atom is -0.479 e. The average molecular weight is 365 g/mol. The first kappa shape index (κ1) is 23.4. The highest BCUT2D eigenvalue weighted by Crippen LogP contribution is 2.13. The van der Waals surface area contributed by atoms with Gasteiger partial charge in [-0.25, -0.2) is 4.79 Å². The number of carbonyl (C=O) groups is 1. The second-order valence-corrected chi connectivity index (χ2v) is 8.27. The number of rotatable bonds is 18. The minimum absolute atomic E-state index is 0.0850. The molecular formula is C18H36O5S. The largest absolute Gasteiger partial charge is 0.479 e. The van der Waals surface area contributed by atoms with E-state index in [2.05, 4.69) is 11.1 Å². The Morgan fingerprint density at radius 1 is 0.750 bits per heavy atom. The Bertz CT molecular complexity index is 392. The zero-order chi connectivity index (χ0) is 18.1.